The van der Waals surface area contributed by atoms with Crippen LogP contribution in [0, 0.1) is 11.7 Å². The minimum Gasteiger partial charge on any atom is -0.454 e. The summed E-state index contributed by atoms with van der Waals surface area (Å²) in [6, 6.07) is 11.0. The number of ether oxygens (including phenoxy) is 2. The molecule has 2 fully saturated rings. The number of esters is 1. The molecule has 4 aromatic rings. The second kappa shape index (κ2) is 14.6. The number of hydrogen-bond donors (Lipinski definition) is 3. The van der Waals surface area contributed by atoms with E-state index in [0.717, 1.165) is 33.7 Å². The van der Waals surface area contributed by atoms with Gasteiger partial charge in [0, 0.05) is 69.0 Å². The number of anilines is 1. The number of aromatic nitrogens is 2. The number of carbonyl (C=O) groups excluding carboxylic acids is 3. The Morgan fingerprint density at radius 2 is 1.83 bits per heavy atom. The number of nitrogens with two attached hydrogens (primary N) is 1. The lowest BCUT2D eigenvalue weighted by molar-refractivity contribution is -0.154. The van der Waals surface area contributed by atoms with Gasteiger partial charge in [-0.25, -0.2) is 9.18 Å². The molecule has 0 bridgehead atoms. The molecule has 2 aliphatic rings. The molecule has 4 heterocycles. The largest absolute Gasteiger partial charge is 0.454 e. The van der Waals surface area contributed by atoms with Crippen molar-refractivity contribution in [2.24, 2.45) is 11.7 Å². The molecule has 6 rings (SSSR count). The van der Waals surface area contributed by atoms with Crippen molar-refractivity contribution in [1.29, 1.82) is 0 Å². The van der Waals surface area contributed by atoms with E-state index in [-0.39, 0.29) is 36.3 Å². The van der Waals surface area contributed by atoms with E-state index in [4.69, 9.17) is 20.2 Å². The molecule has 1 unspecified atom stereocenters. The van der Waals surface area contributed by atoms with Gasteiger partial charge in [-0.15, -0.1) is 11.3 Å². The van der Waals surface area contributed by atoms with Gasteiger partial charge in [0.25, 0.3) is 5.91 Å². The lowest BCUT2D eigenvalue weighted by Gasteiger charge is -2.34. The third kappa shape index (κ3) is 8.24. The fourth-order valence-corrected chi connectivity index (χ4v) is 6.19. The second-order valence-corrected chi connectivity index (χ2v) is 13.4. The van der Waals surface area contributed by atoms with Crippen molar-refractivity contribution >= 4 is 45.1 Å². The molecule has 3 amide bonds. The summed E-state index contributed by atoms with van der Waals surface area (Å²) in [5.74, 6) is -0.938. The first-order valence-corrected chi connectivity index (χ1v) is 16.8. The van der Waals surface area contributed by atoms with Crippen molar-refractivity contribution in [3.63, 3.8) is 0 Å². The van der Waals surface area contributed by atoms with Gasteiger partial charge in [-0.3, -0.25) is 24.5 Å². The van der Waals surface area contributed by atoms with Crippen LogP contribution in [0.2, 0.25) is 0 Å². The molecule has 1 atom stereocenters. The number of urea groups is 1. The van der Waals surface area contributed by atoms with E-state index in [2.05, 4.69) is 20.5 Å². The highest BCUT2D eigenvalue weighted by molar-refractivity contribution is 7.22. The maximum Gasteiger partial charge on any atom is 0.323 e. The summed E-state index contributed by atoms with van der Waals surface area (Å²) >= 11 is 1.45. The van der Waals surface area contributed by atoms with Crippen molar-refractivity contribution in [2.45, 2.75) is 45.3 Å². The number of halogens is 1. The summed E-state index contributed by atoms with van der Waals surface area (Å²) < 4.78 is 26.8. The maximum absolute atomic E-state index is 14.9. The van der Waals surface area contributed by atoms with Crippen molar-refractivity contribution in [3.05, 3.63) is 66.2 Å². The van der Waals surface area contributed by atoms with Crippen LogP contribution in [0.15, 0.2) is 54.9 Å². The average molecular weight is 676 g/mol. The molecule has 0 radical (unpaired) electrons. The second-order valence-electron chi connectivity index (χ2n) is 12.3. The number of thiophene rings is 1. The SMILES string of the molecule is CC(C)C(N)C(=O)OCC(=O)N1CCN(Cc2ccc(-c3cc4nccc(Oc5ccc(NC(=O)NC6CC6)cc5F)c4s3)nc2)CC1. The summed E-state index contributed by atoms with van der Waals surface area (Å²) in [7, 11) is 0. The van der Waals surface area contributed by atoms with Crippen LogP contribution in [0.1, 0.15) is 32.3 Å². The number of hydrogen-bond acceptors (Lipinski definition) is 10. The Morgan fingerprint density at radius 1 is 1.04 bits per heavy atom. The third-order valence-corrected chi connectivity index (χ3v) is 9.40. The number of piperazine rings is 1. The van der Waals surface area contributed by atoms with Gasteiger partial charge in [-0.2, -0.15) is 0 Å². The van der Waals surface area contributed by atoms with E-state index < -0.39 is 17.8 Å². The number of rotatable bonds is 11. The van der Waals surface area contributed by atoms with E-state index in [0.29, 0.717) is 49.7 Å². The van der Waals surface area contributed by atoms with Gasteiger partial charge < -0.3 is 30.7 Å². The average Bonchev–Trinajstić information content (AvgIpc) is 3.78. The van der Waals surface area contributed by atoms with E-state index in [9.17, 15) is 18.8 Å². The molecule has 3 aromatic heterocycles. The fourth-order valence-electron chi connectivity index (χ4n) is 5.15. The van der Waals surface area contributed by atoms with Crippen molar-refractivity contribution in [2.75, 3.05) is 38.1 Å². The van der Waals surface area contributed by atoms with Crippen LogP contribution in [0.5, 0.6) is 11.5 Å². The van der Waals surface area contributed by atoms with Crippen LogP contribution < -0.4 is 21.1 Å². The zero-order chi connectivity index (χ0) is 33.8. The number of benzene rings is 1. The number of nitrogens with zero attached hydrogens (tertiary/aromatic N) is 4. The number of pyridine rings is 2. The van der Waals surface area contributed by atoms with Gasteiger partial charge in [0.05, 0.1) is 20.8 Å². The Hall–Kier alpha value is -4.66. The Labute approximate surface area is 281 Å². The summed E-state index contributed by atoms with van der Waals surface area (Å²) in [5, 5.41) is 5.45. The van der Waals surface area contributed by atoms with Crippen molar-refractivity contribution < 1.29 is 28.2 Å². The quantitative estimate of drug-likeness (QED) is 0.191. The zero-order valence-corrected chi connectivity index (χ0v) is 27.6. The maximum atomic E-state index is 14.9. The molecule has 1 aliphatic carbocycles. The molecule has 14 heteroatoms. The minimum atomic E-state index is -0.742. The zero-order valence-electron chi connectivity index (χ0n) is 26.8. The van der Waals surface area contributed by atoms with Gasteiger partial charge in [-0.1, -0.05) is 19.9 Å². The first-order chi connectivity index (χ1) is 23.1. The number of fused-ring (bicyclic) bond motifs is 1. The topological polar surface area (TPSA) is 152 Å². The molecular weight excluding hydrogens is 637 g/mol. The van der Waals surface area contributed by atoms with Crippen LogP contribution in [0.3, 0.4) is 0 Å². The standard InChI is InChI=1S/C34H38FN7O5S/c1-20(2)31(36)33(44)46-19-30(43)42-13-11-41(12-14-42)18-21-3-7-25(38-17-21)29-16-26-32(48-29)28(9-10-37-26)47-27-8-6-23(15-24(27)35)40-34(45)39-22-4-5-22/h3,6-10,15-17,20,22,31H,4-5,11-14,18-19,36H2,1-2H3,(H2,39,40,45). The number of nitrogens with one attached hydrogen (secondary N) is 2. The van der Waals surface area contributed by atoms with Gasteiger partial charge in [0.2, 0.25) is 0 Å². The van der Waals surface area contributed by atoms with Gasteiger partial charge >= 0.3 is 12.0 Å². The molecule has 1 aliphatic heterocycles. The third-order valence-electron chi connectivity index (χ3n) is 8.23. The lowest BCUT2D eigenvalue weighted by Crippen LogP contribution is -2.49. The summed E-state index contributed by atoms with van der Waals surface area (Å²) in [6.07, 6.45) is 5.38. The van der Waals surface area contributed by atoms with Gasteiger partial charge in [0.1, 0.15) is 11.8 Å². The molecule has 1 saturated carbocycles. The first-order valence-electron chi connectivity index (χ1n) is 15.9. The normalized spacial score (nSPS) is 15.7. The summed E-state index contributed by atoms with van der Waals surface area (Å²) in [6.45, 7) is 6.50. The Morgan fingerprint density at radius 3 is 2.52 bits per heavy atom. The van der Waals surface area contributed by atoms with E-state index in [1.54, 1.807) is 23.2 Å². The van der Waals surface area contributed by atoms with Gasteiger partial charge in [0.15, 0.2) is 18.2 Å². The lowest BCUT2D eigenvalue weighted by atomic mass is 10.1. The monoisotopic (exact) mass is 675 g/mol. The molecule has 12 nitrogen and oxygen atoms in total. The molecule has 1 saturated heterocycles. The Balaban J connectivity index is 1.03. The van der Waals surface area contributed by atoms with Crippen LogP contribution in [-0.4, -0.2) is 82.5 Å². The van der Waals surface area contributed by atoms with Crippen LogP contribution in [0.4, 0.5) is 14.9 Å². The smallest absolute Gasteiger partial charge is 0.323 e. The number of carbonyl (C=O) groups is 3. The minimum absolute atomic E-state index is 0.0353. The van der Waals surface area contributed by atoms with Crippen LogP contribution in [0.25, 0.3) is 20.8 Å². The predicted octanol–water partition coefficient (Wildman–Crippen LogP) is 4.74. The highest BCUT2D eigenvalue weighted by Gasteiger charge is 2.25. The molecule has 4 N–H and O–H groups in total. The predicted molar refractivity (Wildman–Crippen MR) is 180 cm³/mol. The number of amides is 3. The summed E-state index contributed by atoms with van der Waals surface area (Å²) in [4.78, 5) is 50.5. The molecular formula is C34H38FN7O5S. The van der Waals surface area contributed by atoms with Gasteiger partial charge in [-0.05, 0) is 48.6 Å². The highest BCUT2D eigenvalue weighted by atomic mass is 32.1. The van der Waals surface area contributed by atoms with E-state index in [1.807, 2.05) is 38.2 Å². The highest BCUT2D eigenvalue weighted by Crippen LogP contribution is 2.39. The molecule has 0 spiro atoms. The van der Waals surface area contributed by atoms with E-state index in [1.165, 1.54) is 23.5 Å². The fraction of sp³-hybridized carbons (Fsp3) is 0.382. The van der Waals surface area contributed by atoms with Crippen molar-refractivity contribution in [1.82, 2.24) is 25.1 Å². The van der Waals surface area contributed by atoms with Crippen molar-refractivity contribution in [3.8, 4) is 22.1 Å². The molecule has 48 heavy (non-hydrogen) atoms. The molecule has 252 valence electrons. The molecule has 1 aromatic carbocycles. The first kappa shape index (κ1) is 33.2. The summed E-state index contributed by atoms with van der Waals surface area (Å²) in [5.41, 5.74) is 8.66. The van der Waals surface area contributed by atoms with Crippen LogP contribution in [-0.2, 0) is 20.9 Å². The Bertz CT molecular complexity index is 1790. The Kier molecular flexibility index (Phi) is 10.1. The van der Waals surface area contributed by atoms with E-state index >= 15 is 0 Å². The van der Waals surface area contributed by atoms with Crippen LogP contribution >= 0.6 is 11.3 Å².